The Hall–Kier alpha value is -4.38. The van der Waals surface area contributed by atoms with Crippen LogP contribution in [-0.4, -0.2) is 75.0 Å². The van der Waals surface area contributed by atoms with Crippen LogP contribution in [0.25, 0.3) is 10.9 Å². The molecule has 1 aliphatic rings. The Balaban J connectivity index is 1.30. The molecule has 7 N–H and O–H groups in total. The molecular weight excluding hydrogens is 490 g/mol. The van der Waals surface area contributed by atoms with E-state index in [1.807, 2.05) is 24.3 Å². The van der Waals surface area contributed by atoms with Crippen LogP contribution in [0.15, 0.2) is 54.7 Å². The van der Waals surface area contributed by atoms with Crippen molar-refractivity contribution < 1.29 is 29.4 Å². The van der Waals surface area contributed by atoms with Crippen molar-refractivity contribution in [1.29, 1.82) is 0 Å². The van der Waals surface area contributed by atoms with Gasteiger partial charge in [-0.25, -0.2) is 4.79 Å². The topological polar surface area (TPSA) is 178 Å². The van der Waals surface area contributed by atoms with E-state index in [0.717, 1.165) is 22.0 Å². The Bertz CT molecular complexity index is 1320. The fraction of sp³-hybridized carbons (Fsp3) is 0.333. The number of carboxylic acid groups (broad SMARTS) is 1. The Morgan fingerprint density at radius 1 is 1.08 bits per heavy atom. The molecule has 3 aromatic rings. The second-order valence-electron chi connectivity index (χ2n) is 9.41. The Kier molecular flexibility index (Phi) is 8.27. The summed E-state index contributed by atoms with van der Waals surface area (Å²) in [5, 5.41) is 24.9. The number of carboxylic acids is 1. The molecule has 3 atom stereocenters. The largest absolute Gasteiger partial charge is 0.508 e. The molecule has 11 heteroatoms. The molecule has 0 radical (unpaired) electrons. The third kappa shape index (κ3) is 6.30. The monoisotopic (exact) mass is 521 g/mol. The minimum Gasteiger partial charge on any atom is -0.508 e. The number of fused-ring (bicyclic) bond motifs is 1. The van der Waals surface area contributed by atoms with E-state index in [2.05, 4.69) is 15.6 Å². The molecule has 38 heavy (non-hydrogen) atoms. The van der Waals surface area contributed by atoms with Crippen molar-refractivity contribution in [2.75, 3.05) is 13.1 Å². The van der Waals surface area contributed by atoms with Crippen LogP contribution in [0.4, 0.5) is 0 Å². The summed E-state index contributed by atoms with van der Waals surface area (Å²) in [5.41, 5.74) is 8.51. The number of para-hydroxylation sites is 1. The quantitative estimate of drug-likeness (QED) is 0.227. The normalized spacial score (nSPS) is 16.7. The molecule has 200 valence electrons. The lowest BCUT2D eigenvalue weighted by molar-refractivity contribution is -0.142. The lowest BCUT2D eigenvalue weighted by Gasteiger charge is -2.26. The molecule has 2 heterocycles. The first kappa shape index (κ1) is 26.7. The molecule has 2 aromatic carbocycles. The zero-order valence-electron chi connectivity index (χ0n) is 20.7. The zero-order chi connectivity index (χ0) is 27.2. The molecule has 11 nitrogen and oxygen atoms in total. The third-order valence-electron chi connectivity index (χ3n) is 6.70. The van der Waals surface area contributed by atoms with E-state index in [4.69, 9.17) is 5.73 Å². The molecular formula is C27H31N5O6. The van der Waals surface area contributed by atoms with Crippen LogP contribution < -0.4 is 16.4 Å². The summed E-state index contributed by atoms with van der Waals surface area (Å²) >= 11 is 0. The van der Waals surface area contributed by atoms with Gasteiger partial charge in [-0.15, -0.1) is 0 Å². The van der Waals surface area contributed by atoms with Gasteiger partial charge in [-0.3, -0.25) is 14.4 Å². The van der Waals surface area contributed by atoms with Crippen LogP contribution in [0.3, 0.4) is 0 Å². The fourth-order valence-corrected chi connectivity index (χ4v) is 4.74. The number of benzene rings is 2. The van der Waals surface area contributed by atoms with Gasteiger partial charge >= 0.3 is 5.97 Å². The van der Waals surface area contributed by atoms with Crippen molar-refractivity contribution in [3.63, 3.8) is 0 Å². The highest BCUT2D eigenvalue weighted by Gasteiger charge is 2.36. The number of likely N-dealkylation sites (tertiary alicyclic amines) is 1. The van der Waals surface area contributed by atoms with Gasteiger partial charge in [0.25, 0.3) is 0 Å². The Morgan fingerprint density at radius 2 is 1.82 bits per heavy atom. The first-order valence-corrected chi connectivity index (χ1v) is 12.4. The number of aliphatic carboxylic acids is 1. The van der Waals surface area contributed by atoms with Crippen molar-refractivity contribution in [1.82, 2.24) is 20.5 Å². The Morgan fingerprint density at radius 3 is 2.55 bits per heavy atom. The SMILES string of the molecule is NC(Cc1ccc(O)cc1)C(=O)N1CCCC1C(=O)NCC(=O)NC(Cc1c[nH]c2ccccc12)C(=O)O. The van der Waals surface area contributed by atoms with E-state index < -0.39 is 42.5 Å². The second-order valence-corrected chi connectivity index (χ2v) is 9.41. The van der Waals surface area contributed by atoms with Gasteiger partial charge in [0.1, 0.15) is 17.8 Å². The number of hydrogen-bond donors (Lipinski definition) is 6. The molecule has 3 amide bonds. The summed E-state index contributed by atoms with van der Waals surface area (Å²) in [6, 6.07) is 11.0. The lowest BCUT2D eigenvalue weighted by Crippen LogP contribution is -2.53. The molecule has 1 fully saturated rings. The number of H-pyrrole nitrogens is 1. The summed E-state index contributed by atoms with van der Waals surface area (Å²) in [5.74, 6) is -2.59. The van der Waals surface area contributed by atoms with Crippen LogP contribution in [0.1, 0.15) is 24.0 Å². The molecule has 0 saturated carbocycles. The minimum absolute atomic E-state index is 0.0723. The van der Waals surface area contributed by atoms with Crippen LogP contribution in [-0.2, 0) is 32.0 Å². The number of phenols is 1. The van der Waals surface area contributed by atoms with Crippen molar-refractivity contribution in [2.45, 2.75) is 43.8 Å². The van der Waals surface area contributed by atoms with Crippen molar-refractivity contribution in [3.8, 4) is 5.75 Å². The van der Waals surface area contributed by atoms with Crippen molar-refractivity contribution >= 4 is 34.6 Å². The molecule has 0 aliphatic carbocycles. The number of hydrogen-bond acceptors (Lipinski definition) is 6. The van der Waals surface area contributed by atoms with Gasteiger partial charge in [0.15, 0.2) is 0 Å². The second kappa shape index (κ2) is 11.8. The maximum absolute atomic E-state index is 13.0. The van der Waals surface area contributed by atoms with Gasteiger partial charge in [-0.05, 0) is 48.6 Å². The zero-order valence-corrected chi connectivity index (χ0v) is 20.7. The maximum atomic E-state index is 13.0. The summed E-state index contributed by atoms with van der Waals surface area (Å²) in [4.78, 5) is 54.6. The number of phenolic OH excluding ortho intramolecular Hbond substituents is 1. The highest BCUT2D eigenvalue weighted by Crippen LogP contribution is 2.21. The highest BCUT2D eigenvalue weighted by molar-refractivity contribution is 5.93. The average Bonchev–Trinajstić information content (AvgIpc) is 3.55. The van der Waals surface area contributed by atoms with Gasteiger partial charge in [-0.1, -0.05) is 30.3 Å². The summed E-state index contributed by atoms with van der Waals surface area (Å²) in [7, 11) is 0. The van der Waals surface area contributed by atoms with E-state index in [-0.39, 0.29) is 24.5 Å². The van der Waals surface area contributed by atoms with Gasteiger partial charge in [0.2, 0.25) is 17.7 Å². The van der Waals surface area contributed by atoms with Gasteiger partial charge < -0.3 is 36.5 Å². The number of aromatic amines is 1. The van der Waals surface area contributed by atoms with E-state index in [9.17, 15) is 29.4 Å². The number of nitrogens with two attached hydrogens (primary N) is 1. The third-order valence-corrected chi connectivity index (χ3v) is 6.70. The number of carbonyl (C=O) groups excluding carboxylic acids is 3. The van der Waals surface area contributed by atoms with Crippen molar-refractivity contribution in [2.24, 2.45) is 5.73 Å². The van der Waals surface area contributed by atoms with Crippen LogP contribution >= 0.6 is 0 Å². The van der Waals surface area contributed by atoms with Crippen molar-refractivity contribution in [3.05, 3.63) is 65.9 Å². The molecule has 1 aliphatic heterocycles. The van der Waals surface area contributed by atoms with Gasteiger partial charge in [0, 0.05) is 30.1 Å². The number of aromatic hydroxyl groups is 1. The molecule has 0 bridgehead atoms. The average molecular weight is 522 g/mol. The minimum atomic E-state index is -1.19. The number of rotatable bonds is 10. The number of aromatic nitrogens is 1. The molecule has 1 saturated heterocycles. The van der Waals surface area contributed by atoms with E-state index >= 15 is 0 Å². The summed E-state index contributed by atoms with van der Waals surface area (Å²) in [6.45, 7) is -0.0489. The van der Waals surface area contributed by atoms with Crippen LogP contribution in [0.5, 0.6) is 5.75 Å². The first-order chi connectivity index (χ1) is 18.2. The standard InChI is InChI=1S/C27H31N5O6/c28-20(12-16-7-9-18(33)10-8-16)26(36)32-11-3-6-23(32)25(35)30-15-24(34)31-22(27(37)38)13-17-14-29-21-5-2-1-4-19(17)21/h1-2,4-5,7-10,14,20,22-23,29,33H,3,6,11-13,15,28H2,(H,30,35)(H,31,34)(H,37,38). The summed E-state index contributed by atoms with van der Waals surface area (Å²) < 4.78 is 0. The number of amides is 3. The predicted octanol–water partition coefficient (Wildman–Crippen LogP) is 0.663. The lowest BCUT2D eigenvalue weighted by atomic mass is 10.0. The van der Waals surface area contributed by atoms with Gasteiger partial charge in [0.05, 0.1) is 12.6 Å². The number of carbonyl (C=O) groups is 4. The van der Waals surface area contributed by atoms with Crippen LogP contribution in [0, 0.1) is 0 Å². The van der Waals surface area contributed by atoms with E-state index in [1.54, 1.807) is 18.3 Å². The first-order valence-electron chi connectivity index (χ1n) is 12.4. The van der Waals surface area contributed by atoms with Crippen LogP contribution in [0.2, 0.25) is 0 Å². The molecule has 0 spiro atoms. The Labute approximate surface area is 219 Å². The predicted molar refractivity (Wildman–Crippen MR) is 139 cm³/mol. The molecule has 3 unspecified atom stereocenters. The van der Waals surface area contributed by atoms with E-state index in [0.29, 0.717) is 19.4 Å². The maximum Gasteiger partial charge on any atom is 0.326 e. The number of nitrogens with zero attached hydrogens (tertiary/aromatic N) is 1. The highest BCUT2D eigenvalue weighted by atomic mass is 16.4. The van der Waals surface area contributed by atoms with E-state index in [1.165, 1.54) is 17.0 Å². The number of nitrogens with one attached hydrogen (secondary N) is 3. The fourth-order valence-electron chi connectivity index (χ4n) is 4.74. The smallest absolute Gasteiger partial charge is 0.326 e. The molecule has 4 rings (SSSR count). The van der Waals surface area contributed by atoms with Gasteiger partial charge in [-0.2, -0.15) is 0 Å². The molecule has 1 aromatic heterocycles. The summed E-state index contributed by atoms with van der Waals surface area (Å²) in [6.07, 6.45) is 3.09.